The first-order valence-electron chi connectivity index (χ1n) is 5.78. The number of carboxylic acids is 1. The number of rotatable bonds is 7. The molecule has 0 fully saturated rings. The smallest absolute Gasteiger partial charge is 0.346 e. The number of aliphatic hydroxyl groups excluding tert-OH is 1. The lowest BCUT2D eigenvalue weighted by molar-refractivity contribution is 0.0701. The molecular formula is C11H17NO5S2. The highest BCUT2D eigenvalue weighted by Crippen LogP contribution is 2.26. The fourth-order valence-electron chi connectivity index (χ4n) is 1.58. The monoisotopic (exact) mass is 307 g/mol. The summed E-state index contributed by atoms with van der Waals surface area (Å²) in [5.74, 6) is -1.13. The van der Waals surface area contributed by atoms with Gasteiger partial charge in [-0.1, -0.05) is 6.92 Å². The largest absolute Gasteiger partial charge is 0.477 e. The van der Waals surface area contributed by atoms with Crippen molar-refractivity contribution in [3.05, 3.63) is 16.5 Å². The zero-order valence-electron chi connectivity index (χ0n) is 10.7. The number of carboxylic acid groups (broad SMARTS) is 1. The second kappa shape index (κ2) is 6.47. The van der Waals surface area contributed by atoms with Gasteiger partial charge in [-0.05, 0) is 31.4 Å². The lowest BCUT2D eigenvalue weighted by Gasteiger charge is -2.14. The number of thiophene rings is 1. The van der Waals surface area contributed by atoms with Gasteiger partial charge in [0.05, 0.1) is 0 Å². The van der Waals surface area contributed by atoms with Crippen LogP contribution in [0.4, 0.5) is 0 Å². The summed E-state index contributed by atoms with van der Waals surface area (Å²) in [6.07, 6.45) is 0.877. The van der Waals surface area contributed by atoms with Gasteiger partial charge in [-0.3, -0.25) is 0 Å². The Hall–Kier alpha value is -0.960. The molecule has 6 nitrogen and oxygen atoms in total. The average molecular weight is 307 g/mol. The van der Waals surface area contributed by atoms with Gasteiger partial charge in [-0.2, -0.15) is 0 Å². The van der Waals surface area contributed by atoms with Crippen molar-refractivity contribution < 1.29 is 23.4 Å². The Balaban J connectivity index is 3.00. The molecule has 8 heteroatoms. The Morgan fingerprint density at radius 3 is 2.58 bits per heavy atom. The maximum atomic E-state index is 12.1. The van der Waals surface area contributed by atoms with E-state index < -0.39 is 16.0 Å². The fraction of sp³-hybridized carbons (Fsp3) is 0.545. The molecule has 0 aliphatic carbocycles. The third-order valence-corrected chi connectivity index (χ3v) is 5.87. The van der Waals surface area contributed by atoms with Crippen LogP contribution in [0.1, 0.15) is 35.0 Å². The van der Waals surface area contributed by atoms with Crippen molar-refractivity contribution in [3.63, 3.8) is 0 Å². The predicted molar refractivity (Wildman–Crippen MR) is 72.1 cm³/mol. The number of sulfonamides is 1. The van der Waals surface area contributed by atoms with Gasteiger partial charge in [0, 0.05) is 12.6 Å². The first kappa shape index (κ1) is 16.1. The Morgan fingerprint density at radius 1 is 1.53 bits per heavy atom. The summed E-state index contributed by atoms with van der Waals surface area (Å²) >= 11 is 0.733. The highest BCUT2D eigenvalue weighted by molar-refractivity contribution is 7.91. The van der Waals surface area contributed by atoms with E-state index in [0.29, 0.717) is 18.4 Å². The molecule has 0 amide bonds. The van der Waals surface area contributed by atoms with Gasteiger partial charge in [0.25, 0.3) is 0 Å². The number of aromatic carboxylic acids is 1. The lowest BCUT2D eigenvalue weighted by atomic mass is 10.2. The SMILES string of the molecule is CCC(CCO)NS(=O)(=O)c1cc(C)c(C(=O)O)s1. The zero-order valence-corrected chi connectivity index (χ0v) is 12.3. The van der Waals surface area contributed by atoms with E-state index in [9.17, 15) is 13.2 Å². The van der Waals surface area contributed by atoms with E-state index in [1.54, 1.807) is 6.92 Å². The van der Waals surface area contributed by atoms with Gasteiger partial charge in [0.2, 0.25) is 10.0 Å². The number of aliphatic hydroxyl groups is 1. The number of aryl methyl sites for hydroxylation is 1. The van der Waals surface area contributed by atoms with Crippen LogP contribution in [0.5, 0.6) is 0 Å². The number of carbonyl (C=O) groups is 1. The van der Waals surface area contributed by atoms with Crippen molar-refractivity contribution >= 4 is 27.3 Å². The van der Waals surface area contributed by atoms with Gasteiger partial charge < -0.3 is 10.2 Å². The third kappa shape index (κ3) is 4.00. The van der Waals surface area contributed by atoms with Crippen molar-refractivity contribution in [2.75, 3.05) is 6.61 Å². The molecular weight excluding hydrogens is 290 g/mol. The second-order valence-electron chi connectivity index (χ2n) is 4.12. The molecule has 0 aliphatic rings. The molecule has 19 heavy (non-hydrogen) atoms. The Morgan fingerprint density at radius 2 is 2.16 bits per heavy atom. The van der Waals surface area contributed by atoms with Crippen molar-refractivity contribution in [1.82, 2.24) is 4.72 Å². The molecule has 0 spiro atoms. The minimum absolute atomic E-state index is 0.0150. The van der Waals surface area contributed by atoms with Crippen LogP contribution in [0, 0.1) is 6.92 Å². The Bertz CT molecular complexity index is 549. The molecule has 0 bridgehead atoms. The van der Waals surface area contributed by atoms with Crippen molar-refractivity contribution in [1.29, 1.82) is 0 Å². The minimum atomic E-state index is -3.73. The number of hydrogen-bond donors (Lipinski definition) is 3. The van der Waals surface area contributed by atoms with E-state index in [0.717, 1.165) is 11.3 Å². The van der Waals surface area contributed by atoms with E-state index >= 15 is 0 Å². The molecule has 1 rings (SSSR count). The topological polar surface area (TPSA) is 104 Å². The van der Waals surface area contributed by atoms with Gasteiger partial charge >= 0.3 is 5.97 Å². The number of nitrogens with one attached hydrogen (secondary N) is 1. The van der Waals surface area contributed by atoms with Gasteiger partial charge in [0.1, 0.15) is 9.09 Å². The predicted octanol–water partition coefficient (Wildman–Crippen LogP) is 1.19. The summed E-state index contributed by atoms with van der Waals surface area (Å²) in [6, 6.07) is 0.993. The van der Waals surface area contributed by atoms with Gasteiger partial charge in [-0.25, -0.2) is 17.9 Å². The summed E-state index contributed by atoms with van der Waals surface area (Å²) in [7, 11) is -3.73. The van der Waals surface area contributed by atoms with E-state index in [2.05, 4.69) is 4.72 Å². The van der Waals surface area contributed by atoms with Crippen LogP contribution in [-0.2, 0) is 10.0 Å². The first-order valence-corrected chi connectivity index (χ1v) is 8.08. The van der Waals surface area contributed by atoms with Crippen LogP contribution in [0.2, 0.25) is 0 Å². The summed E-state index contributed by atoms with van der Waals surface area (Å²) in [6.45, 7) is 3.26. The average Bonchev–Trinajstić information content (AvgIpc) is 2.71. The molecule has 0 aliphatic heterocycles. The minimum Gasteiger partial charge on any atom is -0.477 e. The molecule has 1 aromatic rings. The lowest BCUT2D eigenvalue weighted by Crippen LogP contribution is -2.34. The fourth-order valence-corrected chi connectivity index (χ4v) is 4.33. The Labute approximate surface area is 116 Å². The van der Waals surface area contributed by atoms with Crippen molar-refractivity contribution in [3.8, 4) is 0 Å². The molecule has 0 saturated heterocycles. The molecule has 1 heterocycles. The van der Waals surface area contributed by atoms with Crippen molar-refractivity contribution in [2.45, 2.75) is 36.9 Å². The molecule has 3 N–H and O–H groups in total. The first-order chi connectivity index (χ1) is 8.81. The molecule has 108 valence electrons. The Kier molecular flexibility index (Phi) is 5.48. The summed E-state index contributed by atoms with van der Waals surface area (Å²) < 4.78 is 26.6. The quantitative estimate of drug-likeness (QED) is 0.702. The van der Waals surface area contributed by atoms with Crippen LogP contribution in [-0.4, -0.2) is 37.2 Å². The summed E-state index contributed by atoms with van der Waals surface area (Å²) in [4.78, 5) is 10.9. The zero-order chi connectivity index (χ0) is 14.6. The van der Waals surface area contributed by atoms with Crippen LogP contribution in [0.25, 0.3) is 0 Å². The molecule has 0 aromatic carbocycles. The van der Waals surface area contributed by atoms with Crippen molar-refractivity contribution in [2.24, 2.45) is 0 Å². The maximum absolute atomic E-state index is 12.1. The normalized spacial score (nSPS) is 13.4. The standard InChI is InChI=1S/C11H17NO5S2/c1-3-8(4-5-13)12-19(16,17)9-6-7(2)10(18-9)11(14)15/h6,8,12-13H,3-5H2,1-2H3,(H,14,15). The summed E-state index contributed by atoms with van der Waals surface area (Å²) in [5.41, 5.74) is 0.424. The summed E-state index contributed by atoms with van der Waals surface area (Å²) in [5, 5.41) is 17.8. The third-order valence-electron chi connectivity index (χ3n) is 2.65. The van der Waals surface area contributed by atoms with Crippen LogP contribution in [0.15, 0.2) is 10.3 Å². The van der Waals surface area contributed by atoms with E-state index in [1.807, 2.05) is 6.92 Å². The second-order valence-corrected chi connectivity index (χ2v) is 7.11. The van der Waals surface area contributed by atoms with Gasteiger partial charge in [-0.15, -0.1) is 11.3 Å². The van der Waals surface area contributed by atoms with E-state index in [1.165, 1.54) is 6.07 Å². The highest BCUT2D eigenvalue weighted by atomic mass is 32.2. The van der Waals surface area contributed by atoms with E-state index in [4.69, 9.17) is 10.2 Å². The van der Waals surface area contributed by atoms with Crippen LogP contribution >= 0.6 is 11.3 Å². The molecule has 0 radical (unpaired) electrons. The molecule has 1 unspecified atom stereocenters. The maximum Gasteiger partial charge on any atom is 0.346 e. The van der Waals surface area contributed by atoms with Crippen LogP contribution in [0.3, 0.4) is 0 Å². The molecule has 1 aromatic heterocycles. The van der Waals surface area contributed by atoms with E-state index in [-0.39, 0.29) is 21.7 Å². The van der Waals surface area contributed by atoms with Crippen LogP contribution < -0.4 is 4.72 Å². The number of hydrogen-bond acceptors (Lipinski definition) is 5. The highest BCUT2D eigenvalue weighted by Gasteiger charge is 2.23. The molecule has 1 atom stereocenters. The molecule has 0 saturated carbocycles. The van der Waals surface area contributed by atoms with Gasteiger partial charge in [0.15, 0.2) is 0 Å².